The number of carbonyl (C=O) groups is 1. The number of anilines is 1. The van der Waals surface area contributed by atoms with Gasteiger partial charge in [0, 0.05) is 6.07 Å². The van der Waals surface area contributed by atoms with Crippen LogP contribution in [0.5, 0.6) is 0 Å². The first kappa shape index (κ1) is 14.4. The van der Waals surface area contributed by atoms with Crippen molar-refractivity contribution in [3.8, 4) is 0 Å². The highest BCUT2D eigenvalue weighted by Gasteiger charge is 2.27. The Hall–Kier alpha value is -1.70. The molecule has 0 bridgehead atoms. The second-order valence-electron chi connectivity index (χ2n) is 3.52. The molecule has 0 heterocycles. The van der Waals surface area contributed by atoms with Crippen molar-refractivity contribution in [3.05, 3.63) is 29.8 Å². The second kappa shape index (κ2) is 5.30. The summed E-state index contributed by atoms with van der Waals surface area (Å²) in [5.41, 5.74) is 4.64. The van der Waals surface area contributed by atoms with E-state index < -0.39 is 27.7 Å². The molecular formula is C10H12F2N2O3S. The van der Waals surface area contributed by atoms with Gasteiger partial charge in [0.2, 0.25) is 10.0 Å². The zero-order valence-corrected chi connectivity index (χ0v) is 10.4. The Morgan fingerprint density at radius 3 is 2.39 bits per heavy atom. The van der Waals surface area contributed by atoms with Crippen molar-refractivity contribution in [2.45, 2.75) is 13.3 Å². The van der Waals surface area contributed by atoms with Crippen LogP contribution in [0.4, 0.5) is 19.3 Å². The van der Waals surface area contributed by atoms with E-state index in [-0.39, 0.29) is 22.2 Å². The molecule has 0 aliphatic heterocycles. The van der Waals surface area contributed by atoms with Crippen LogP contribution in [0.25, 0.3) is 0 Å². The van der Waals surface area contributed by atoms with E-state index in [1.807, 2.05) is 0 Å². The van der Waals surface area contributed by atoms with E-state index in [9.17, 15) is 22.0 Å². The number of nitrogens with zero attached hydrogens (tertiary/aromatic N) is 1. The van der Waals surface area contributed by atoms with Crippen molar-refractivity contribution in [2.75, 3.05) is 10.1 Å². The Balaban J connectivity index is 3.29. The Morgan fingerprint density at radius 2 is 1.94 bits per heavy atom. The molecule has 0 saturated carbocycles. The molecule has 2 amide bonds. The number of nitrogens with two attached hydrogens (primary N) is 1. The van der Waals surface area contributed by atoms with Crippen LogP contribution in [0.15, 0.2) is 18.2 Å². The number of hydrogen-bond acceptors (Lipinski definition) is 3. The number of rotatable bonds is 4. The fraction of sp³-hybridized carbons (Fsp3) is 0.300. The molecule has 5 nitrogen and oxygen atoms in total. The van der Waals surface area contributed by atoms with Gasteiger partial charge in [0.25, 0.3) is 0 Å². The lowest BCUT2D eigenvalue weighted by Gasteiger charge is -2.20. The van der Waals surface area contributed by atoms with E-state index in [1.54, 1.807) is 6.92 Å². The molecule has 100 valence electrons. The van der Waals surface area contributed by atoms with Crippen molar-refractivity contribution in [3.63, 3.8) is 0 Å². The predicted octanol–water partition coefficient (Wildman–Crippen LogP) is 1.59. The largest absolute Gasteiger partial charge is 0.350 e. The molecule has 1 aromatic carbocycles. The maximum Gasteiger partial charge on any atom is 0.333 e. The molecule has 1 aromatic rings. The molecule has 18 heavy (non-hydrogen) atoms. The highest BCUT2D eigenvalue weighted by molar-refractivity contribution is 7.93. The van der Waals surface area contributed by atoms with Gasteiger partial charge in [0.15, 0.2) is 11.6 Å². The molecule has 0 radical (unpaired) electrons. The van der Waals surface area contributed by atoms with E-state index in [2.05, 4.69) is 0 Å². The van der Waals surface area contributed by atoms with Crippen LogP contribution in [0.1, 0.15) is 13.3 Å². The number of halogens is 2. The van der Waals surface area contributed by atoms with Crippen LogP contribution in [-0.4, -0.2) is 20.2 Å². The van der Waals surface area contributed by atoms with Crippen molar-refractivity contribution in [1.29, 1.82) is 0 Å². The summed E-state index contributed by atoms with van der Waals surface area (Å²) in [4.78, 5) is 11.2. The lowest BCUT2D eigenvalue weighted by Crippen LogP contribution is -2.42. The monoisotopic (exact) mass is 278 g/mol. The van der Waals surface area contributed by atoms with Crippen LogP contribution in [0, 0.1) is 11.6 Å². The maximum atomic E-state index is 13.0. The minimum atomic E-state index is -3.98. The molecule has 2 N–H and O–H groups in total. The zero-order chi connectivity index (χ0) is 13.9. The van der Waals surface area contributed by atoms with Gasteiger partial charge in [-0.25, -0.2) is 22.0 Å². The second-order valence-corrected chi connectivity index (χ2v) is 5.45. The summed E-state index contributed by atoms with van der Waals surface area (Å²) in [6.45, 7) is 1.60. The number of benzene rings is 1. The van der Waals surface area contributed by atoms with Crippen LogP contribution < -0.4 is 10.0 Å². The van der Waals surface area contributed by atoms with Gasteiger partial charge >= 0.3 is 6.03 Å². The van der Waals surface area contributed by atoms with Crippen LogP contribution >= 0.6 is 0 Å². The quantitative estimate of drug-likeness (QED) is 0.908. The van der Waals surface area contributed by atoms with E-state index >= 15 is 0 Å². The molecule has 8 heteroatoms. The Bertz CT molecular complexity index is 560. The lowest BCUT2D eigenvalue weighted by atomic mass is 10.3. The summed E-state index contributed by atoms with van der Waals surface area (Å²) in [7, 11) is -3.98. The molecule has 0 aliphatic rings. The number of primary amides is 1. The first-order valence-electron chi connectivity index (χ1n) is 5.07. The van der Waals surface area contributed by atoms with Gasteiger partial charge < -0.3 is 5.73 Å². The van der Waals surface area contributed by atoms with Gasteiger partial charge in [-0.3, -0.25) is 0 Å². The normalized spacial score (nSPS) is 11.3. The van der Waals surface area contributed by atoms with Gasteiger partial charge in [-0.1, -0.05) is 6.92 Å². The topological polar surface area (TPSA) is 80.5 Å². The van der Waals surface area contributed by atoms with Gasteiger partial charge in [0.1, 0.15) is 0 Å². The molecule has 0 fully saturated rings. The summed E-state index contributed by atoms with van der Waals surface area (Å²) < 4.78 is 49.6. The van der Waals surface area contributed by atoms with Crippen molar-refractivity contribution in [2.24, 2.45) is 5.73 Å². The van der Waals surface area contributed by atoms with Gasteiger partial charge in [-0.05, 0) is 18.6 Å². The molecule has 1 rings (SSSR count). The summed E-state index contributed by atoms with van der Waals surface area (Å²) >= 11 is 0. The highest BCUT2D eigenvalue weighted by atomic mass is 32.2. The van der Waals surface area contributed by atoms with Crippen molar-refractivity contribution < 1.29 is 22.0 Å². The first-order valence-corrected chi connectivity index (χ1v) is 6.68. The number of hydrogen-bond donors (Lipinski definition) is 1. The van der Waals surface area contributed by atoms with E-state index in [0.717, 1.165) is 12.1 Å². The molecule has 0 aliphatic carbocycles. The SMILES string of the molecule is CCCS(=O)(=O)N(C(N)=O)c1ccc(F)c(F)c1. The van der Waals surface area contributed by atoms with E-state index in [0.29, 0.717) is 6.07 Å². The van der Waals surface area contributed by atoms with Gasteiger partial charge in [-0.2, -0.15) is 4.31 Å². The molecule has 0 spiro atoms. The lowest BCUT2D eigenvalue weighted by molar-refractivity contribution is 0.257. The van der Waals surface area contributed by atoms with E-state index in [4.69, 9.17) is 5.73 Å². The molecule has 0 atom stereocenters. The standard InChI is InChI=1S/C10H12F2N2O3S/c1-2-5-18(16,17)14(10(13)15)7-3-4-8(11)9(12)6-7/h3-4,6H,2,5H2,1H3,(H2,13,15). The smallest absolute Gasteiger partial charge is 0.333 e. The highest BCUT2D eigenvalue weighted by Crippen LogP contribution is 2.21. The van der Waals surface area contributed by atoms with Gasteiger partial charge in [0.05, 0.1) is 11.4 Å². The van der Waals surface area contributed by atoms with Crippen molar-refractivity contribution in [1.82, 2.24) is 0 Å². The fourth-order valence-corrected chi connectivity index (χ4v) is 2.79. The van der Waals surface area contributed by atoms with E-state index in [1.165, 1.54) is 0 Å². The Morgan fingerprint density at radius 1 is 1.33 bits per heavy atom. The number of sulfonamides is 1. The summed E-state index contributed by atoms with van der Waals surface area (Å²) in [6, 6.07) is 1.03. The van der Waals surface area contributed by atoms with Crippen molar-refractivity contribution >= 4 is 21.7 Å². The van der Waals surface area contributed by atoms with Crippen LogP contribution in [0.3, 0.4) is 0 Å². The molecule has 0 aromatic heterocycles. The average molecular weight is 278 g/mol. The zero-order valence-electron chi connectivity index (χ0n) is 9.56. The van der Waals surface area contributed by atoms with Crippen LogP contribution in [-0.2, 0) is 10.0 Å². The number of amides is 2. The third-order valence-electron chi connectivity index (χ3n) is 2.08. The molecular weight excluding hydrogens is 266 g/mol. The fourth-order valence-electron chi connectivity index (χ4n) is 1.39. The summed E-state index contributed by atoms with van der Waals surface area (Å²) in [6.07, 6.45) is 0.260. The molecule has 0 saturated heterocycles. The minimum Gasteiger partial charge on any atom is -0.350 e. The number of carbonyl (C=O) groups excluding carboxylic acids is 1. The summed E-state index contributed by atoms with van der Waals surface area (Å²) in [5, 5.41) is 0. The minimum absolute atomic E-state index is 0.260. The predicted molar refractivity (Wildman–Crippen MR) is 62.5 cm³/mol. The maximum absolute atomic E-state index is 13.0. The van der Waals surface area contributed by atoms with Crippen LogP contribution in [0.2, 0.25) is 0 Å². The first-order chi connectivity index (χ1) is 8.29. The van der Waals surface area contributed by atoms with Gasteiger partial charge in [-0.15, -0.1) is 0 Å². The number of urea groups is 1. The third kappa shape index (κ3) is 2.95. The molecule has 0 unspecified atom stereocenters. The Kier molecular flexibility index (Phi) is 4.23. The Labute approximate surface area is 103 Å². The third-order valence-corrected chi connectivity index (χ3v) is 3.95. The average Bonchev–Trinajstić information content (AvgIpc) is 2.22. The summed E-state index contributed by atoms with van der Waals surface area (Å²) in [5.74, 6) is -2.73.